The van der Waals surface area contributed by atoms with Crippen LogP contribution < -0.4 is 0 Å². The van der Waals surface area contributed by atoms with E-state index in [9.17, 15) is 4.79 Å². The topological polar surface area (TPSA) is 23.6 Å². The summed E-state index contributed by atoms with van der Waals surface area (Å²) in [6, 6.07) is 2.75. The van der Waals surface area contributed by atoms with Crippen LogP contribution in [-0.4, -0.2) is 36.5 Å². The van der Waals surface area contributed by atoms with E-state index in [4.69, 9.17) is 0 Å². The van der Waals surface area contributed by atoms with Gasteiger partial charge in [0, 0.05) is 26.7 Å². The van der Waals surface area contributed by atoms with E-state index in [1.807, 2.05) is 6.08 Å². The summed E-state index contributed by atoms with van der Waals surface area (Å²) in [6.45, 7) is 6.08. The predicted molar refractivity (Wildman–Crippen MR) is 63.3 cm³/mol. The molecule has 84 valence electrons. The number of unbranched alkanes of at least 4 members (excludes halogenated alkanes) is 2. The van der Waals surface area contributed by atoms with E-state index in [1.165, 1.54) is 4.90 Å². The Bertz CT molecular complexity index is 261. The predicted octanol–water partition coefficient (Wildman–Crippen LogP) is 2.31. The van der Waals surface area contributed by atoms with E-state index in [2.05, 4.69) is 18.5 Å². The molecule has 2 amide bonds. The molecule has 0 bridgehead atoms. The highest BCUT2D eigenvalue weighted by atomic mass is 16.2. The summed E-state index contributed by atoms with van der Waals surface area (Å²) in [6.07, 6.45) is 4.89. The molecule has 0 rings (SSSR count). The molecule has 3 heteroatoms. The molecule has 0 aromatic carbocycles. The SMILES string of the molecule is C=CCCCCN(C#CC)C(=O)N(C)C. The number of carbonyl (C=O) groups excluding carboxylic acids is 1. The maximum absolute atomic E-state index is 11.6. The Balaban J connectivity index is 4.09. The monoisotopic (exact) mass is 208 g/mol. The number of rotatable bonds is 5. The molecule has 0 aliphatic heterocycles. The van der Waals surface area contributed by atoms with E-state index in [1.54, 1.807) is 25.9 Å². The highest BCUT2D eigenvalue weighted by Gasteiger charge is 2.11. The van der Waals surface area contributed by atoms with Gasteiger partial charge in [0.15, 0.2) is 0 Å². The Morgan fingerprint density at radius 3 is 2.53 bits per heavy atom. The third-order valence-corrected chi connectivity index (χ3v) is 1.90. The van der Waals surface area contributed by atoms with Crippen LogP contribution in [0.15, 0.2) is 12.7 Å². The van der Waals surface area contributed by atoms with Crippen molar-refractivity contribution in [1.82, 2.24) is 9.80 Å². The van der Waals surface area contributed by atoms with Crippen molar-refractivity contribution < 1.29 is 4.79 Å². The first kappa shape index (κ1) is 13.6. The normalized spacial score (nSPS) is 8.73. The number of nitrogens with zero attached hydrogens (tertiary/aromatic N) is 2. The van der Waals surface area contributed by atoms with Gasteiger partial charge in [-0.05, 0) is 26.2 Å². The van der Waals surface area contributed by atoms with Gasteiger partial charge in [0.05, 0.1) is 0 Å². The van der Waals surface area contributed by atoms with Gasteiger partial charge in [0.1, 0.15) is 0 Å². The molecule has 0 saturated carbocycles. The second kappa shape index (κ2) is 7.93. The second-order valence-electron chi connectivity index (χ2n) is 3.47. The van der Waals surface area contributed by atoms with Crippen molar-refractivity contribution >= 4 is 6.03 Å². The highest BCUT2D eigenvalue weighted by molar-refractivity contribution is 5.75. The molecule has 0 N–H and O–H groups in total. The quantitative estimate of drug-likeness (QED) is 0.294. The van der Waals surface area contributed by atoms with E-state index in [0.717, 1.165) is 19.3 Å². The summed E-state index contributed by atoms with van der Waals surface area (Å²) in [5.41, 5.74) is 0. The van der Waals surface area contributed by atoms with Gasteiger partial charge in [-0.2, -0.15) is 0 Å². The molecule has 0 fully saturated rings. The summed E-state index contributed by atoms with van der Waals surface area (Å²) in [4.78, 5) is 14.7. The van der Waals surface area contributed by atoms with Crippen LogP contribution in [0, 0.1) is 12.0 Å². The molecule has 3 nitrogen and oxygen atoms in total. The van der Waals surface area contributed by atoms with Gasteiger partial charge >= 0.3 is 6.03 Å². The molecule has 0 heterocycles. The van der Waals surface area contributed by atoms with Gasteiger partial charge in [-0.25, -0.2) is 4.79 Å². The lowest BCUT2D eigenvalue weighted by molar-refractivity contribution is 0.191. The van der Waals surface area contributed by atoms with Crippen molar-refractivity contribution in [1.29, 1.82) is 0 Å². The number of carbonyl (C=O) groups is 1. The van der Waals surface area contributed by atoms with Crippen LogP contribution in [0.4, 0.5) is 4.79 Å². The van der Waals surface area contributed by atoms with Crippen molar-refractivity contribution in [2.75, 3.05) is 20.6 Å². The van der Waals surface area contributed by atoms with Crippen molar-refractivity contribution in [2.24, 2.45) is 0 Å². The van der Waals surface area contributed by atoms with E-state index in [-0.39, 0.29) is 6.03 Å². The van der Waals surface area contributed by atoms with Crippen LogP contribution in [0.3, 0.4) is 0 Å². The average Bonchev–Trinajstić information content (AvgIpc) is 2.21. The lowest BCUT2D eigenvalue weighted by Gasteiger charge is -2.20. The van der Waals surface area contributed by atoms with E-state index in [0.29, 0.717) is 6.54 Å². The van der Waals surface area contributed by atoms with Crippen molar-refractivity contribution in [3.8, 4) is 12.0 Å². The fourth-order valence-electron chi connectivity index (χ4n) is 1.13. The number of hydrogen-bond acceptors (Lipinski definition) is 1. The Hall–Kier alpha value is -1.43. The molecule has 15 heavy (non-hydrogen) atoms. The summed E-state index contributed by atoms with van der Waals surface area (Å²) >= 11 is 0. The van der Waals surface area contributed by atoms with Gasteiger partial charge in [0.25, 0.3) is 0 Å². The maximum atomic E-state index is 11.6. The molecule has 0 aromatic rings. The molecule has 0 aliphatic carbocycles. The van der Waals surface area contributed by atoms with Crippen LogP contribution in [0.25, 0.3) is 0 Å². The molecule has 0 radical (unpaired) electrons. The first-order valence-corrected chi connectivity index (χ1v) is 5.15. The van der Waals surface area contributed by atoms with Crippen molar-refractivity contribution in [3.63, 3.8) is 0 Å². The Morgan fingerprint density at radius 1 is 1.40 bits per heavy atom. The standard InChI is InChI=1S/C12H20N2O/c1-5-7-8-9-11-14(10-6-2)12(15)13(3)4/h5H,1,7-9,11H2,2-4H3. The fourth-order valence-corrected chi connectivity index (χ4v) is 1.13. The molecule has 0 aliphatic rings. The zero-order chi connectivity index (χ0) is 11.7. The van der Waals surface area contributed by atoms with E-state index < -0.39 is 0 Å². The van der Waals surface area contributed by atoms with Crippen molar-refractivity contribution in [3.05, 3.63) is 12.7 Å². The first-order valence-electron chi connectivity index (χ1n) is 5.15. The van der Waals surface area contributed by atoms with Crippen LogP contribution in [-0.2, 0) is 0 Å². The Labute approximate surface area is 92.7 Å². The van der Waals surface area contributed by atoms with Gasteiger partial charge in [-0.3, -0.25) is 4.90 Å². The third kappa shape index (κ3) is 5.79. The number of amides is 2. The minimum Gasteiger partial charge on any atom is -0.330 e. The maximum Gasteiger partial charge on any atom is 0.331 e. The zero-order valence-electron chi connectivity index (χ0n) is 9.92. The molecule has 0 aromatic heterocycles. The van der Waals surface area contributed by atoms with E-state index >= 15 is 0 Å². The highest BCUT2D eigenvalue weighted by Crippen LogP contribution is 2.01. The van der Waals surface area contributed by atoms with Crippen LogP contribution in [0.5, 0.6) is 0 Å². The second-order valence-corrected chi connectivity index (χ2v) is 3.47. The molecular formula is C12H20N2O. The molecule has 0 unspecified atom stereocenters. The summed E-state index contributed by atoms with van der Waals surface area (Å²) in [5, 5.41) is 0. The van der Waals surface area contributed by atoms with Crippen LogP contribution in [0.2, 0.25) is 0 Å². The van der Waals surface area contributed by atoms with Gasteiger partial charge in [-0.15, -0.1) is 6.58 Å². The van der Waals surface area contributed by atoms with Crippen LogP contribution in [0.1, 0.15) is 26.2 Å². The van der Waals surface area contributed by atoms with Gasteiger partial charge in [0.2, 0.25) is 0 Å². The number of allylic oxidation sites excluding steroid dienone is 1. The molecular weight excluding hydrogens is 188 g/mol. The first-order chi connectivity index (χ1) is 7.13. The summed E-state index contributed by atoms with van der Waals surface area (Å²) < 4.78 is 0. The Kier molecular flexibility index (Phi) is 7.17. The molecule has 0 saturated heterocycles. The lowest BCUT2D eigenvalue weighted by Crippen LogP contribution is -2.36. The van der Waals surface area contributed by atoms with Gasteiger partial charge < -0.3 is 4.90 Å². The summed E-state index contributed by atoms with van der Waals surface area (Å²) in [7, 11) is 3.47. The number of hydrogen-bond donors (Lipinski definition) is 0. The zero-order valence-corrected chi connectivity index (χ0v) is 9.92. The Morgan fingerprint density at radius 2 is 2.07 bits per heavy atom. The largest absolute Gasteiger partial charge is 0.331 e. The smallest absolute Gasteiger partial charge is 0.330 e. The van der Waals surface area contributed by atoms with Crippen molar-refractivity contribution in [2.45, 2.75) is 26.2 Å². The minimum atomic E-state index is -0.0528. The van der Waals surface area contributed by atoms with Crippen LogP contribution >= 0.6 is 0 Å². The minimum absolute atomic E-state index is 0.0528. The average molecular weight is 208 g/mol. The number of urea groups is 1. The molecule has 0 atom stereocenters. The summed E-state index contributed by atoms with van der Waals surface area (Å²) in [5.74, 6) is 2.75. The molecule has 0 spiro atoms. The fraction of sp³-hybridized carbons (Fsp3) is 0.583. The lowest BCUT2D eigenvalue weighted by atomic mass is 10.2. The van der Waals surface area contributed by atoms with Gasteiger partial charge in [-0.1, -0.05) is 12.0 Å². The third-order valence-electron chi connectivity index (χ3n) is 1.90.